The Kier molecular flexibility index (Phi) is 8.91. The highest BCUT2D eigenvalue weighted by atomic mass is 32.2. The van der Waals surface area contributed by atoms with Gasteiger partial charge in [0, 0.05) is 11.9 Å². The van der Waals surface area contributed by atoms with Gasteiger partial charge in [0.05, 0.1) is 17.4 Å². The summed E-state index contributed by atoms with van der Waals surface area (Å²) in [4.78, 5) is 26.8. The molecule has 2 aromatic heterocycles. The summed E-state index contributed by atoms with van der Waals surface area (Å²) in [7, 11) is 1.86. The van der Waals surface area contributed by atoms with Crippen LogP contribution in [0.3, 0.4) is 0 Å². The molecule has 0 saturated heterocycles. The fourth-order valence-electron chi connectivity index (χ4n) is 4.13. The summed E-state index contributed by atoms with van der Waals surface area (Å²) >= 11 is 2.78. The molecule has 2 heterocycles. The number of benzene rings is 1. The van der Waals surface area contributed by atoms with Crippen LogP contribution in [0.1, 0.15) is 78.6 Å². The van der Waals surface area contributed by atoms with Crippen molar-refractivity contribution in [1.82, 2.24) is 14.8 Å². The number of amides is 1. The van der Waals surface area contributed by atoms with Crippen LogP contribution in [0.4, 0.5) is 5.00 Å². The third kappa shape index (κ3) is 6.73. The van der Waals surface area contributed by atoms with Gasteiger partial charge in [-0.3, -0.25) is 4.79 Å². The highest BCUT2D eigenvalue weighted by molar-refractivity contribution is 7.99. The molecule has 37 heavy (non-hydrogen) atoms. The number of thiophene rings is 1. The van der Waals surface area contributed by atoms with Crippen LogP contribution < -0.4 is 10.1 Å². The summed E-state index contributed by atoms with van der Waals surface area (Å²) in [5.41, 5.74) is 2.81. The first-order valence-corrected chi connectivity index (χ1v) is 14.4. The van der Waals surface area contributed by atoms with E-state index in [9.17, 15) is 9.59 Å². The number of fused-ring (bicyclic) bond motifs is 1. The van der Waals surface area contributed by atoms with E-state index in [0.717, 1.165) is 37.0 Å². The van der Waals surface area contributed by atoms with Crippen LogP contribution in [0, 0.1) is 0 Å². The minimum absolute atomic E-state index is 0.144. The van der Waals surface area contributed by atoms with E-state index in [-0.39, 0.29) is 30.3 Å². The summed E-state index contributed by atoms with van der Waals surface area (Å²) in [6, 6.07) is 8.04. The number of anilines is 1. The van der Waals surface area contributed by atoms with Gasteiger partial charge in [-0.25, -0.2) is 4.79 Å². The molecular weight excluding hydrogens is 508 g/mol. The van der Waals surface area contributed by atoms with Crippen molar-refractivity contribution < 1.29 is 19.1 Å². The SMILES string of the molecule is CC(C)OC(=O)c1c(NC(=O)CSc2nnc(COc3ccc(C(C)C)cc3)n2C)sc2c1CCCC2. The minimum atomic E-state index is -0.367. The molecule has 198 valence electrons. The maximum atomic E-state index is 12.8. The first kappa shape index (κ1) is 27.2. The lowest BCUT2D eigenvalue weighted by Crippen LogP contribution is -2.19. The van der Waals surface area contributed by atoms with E-state index >= 15 is 0 Å². The van der Waals surface area contributed by atoms with Gasteiger partial charge in [-0.15, -0.1) is 21.5 Å². The topological polar surface area (TPSA) is 95.3 Å². The van der Waals surface area contributed by atoms with E-state index in [1.54, 1.807) is 0 Å². The quantitative estimate of drug-likeness (QED) is 0.257. The van der Waals surface area contributed by atoms with Gasteiger partial charge in [-0.2, -0.15) is 0 Å². The lowest BCUT2D eigenvalue weighted by molar-refractivity contribution is -0.113. The zero-order valence-corrected chi connectivity index (χ0v) is 23.6. The average Bonchev–Trinajstić information content (AvgIpc) is 3.40. The van der Waals surface area contributed by atoms with Crippen LogP contribution in [0.5, 0.6) is 5.75 Å². The third-order valence-corrected chi connectivity index (χ3v) is 8.37. The number of thioether (sulfide) groups is 1. The number of aryl methyl sites for hydroxylation is 1. The van der Waals surface area contributed by atoms with Crippen molar-refractivity contribution in [2.45, 2.75) is 77.2 Å². The van der Waals surface area contributed by atoms with Crippen molar-refractivity contribution in [3.63, 3.8) is 0 Å². The molecule has 0 aliphatic heterocycles. The summed E-state index contributed by atoms with van der Waals surface area (Å²) in [5.74, 6) is 1.48. The Balaban J connectivity index is 1.36. The Labute approximate surface area is 226 Å². The van der Waals surface area contributed by atoms with Crippen molar-refractivity contribution >= 4 is 40.0 Å². The molecular formula is C27H34N4O4S2. The monoisotopic (exact) mass is 542 g/mol. The number of carbonyl (C=O) groups is 2. The molecule has 0 unspecified atom stereocenters. The van der Waals surface area contributed by atoms with Crippen molar-refractivity contribution in [2.24, 2.45) is 7.05 Å². The largest absolute Gasteiger partial charge is 0.486 e. The van der Waals surface area contributed by atoms with Gasteiger partial charge in [-0.05, 0) is 68.7 Å². The summed E-state index contributed by atoms with van der Waals surface area (Å²) < 4.78 is 13.2. The van der Waals surface area contributed by atoms with E-state index < -0.39 is 0 Å². The normalized spacial score (nSPS) is 13.1. The number of nitrogens with one attached hydrogen (secondary N) is 1. The molecule has 1 amide bonds. The molecule has 10 heteroatoms. The van der Waals surface area contributed by atoms with Crippen LogP contribution in [0.25, 0.3) is 0 Å². The number of ether oxygens (including phenoxy) is 2. The third-order valence-electron chi connectivity index (χ3n) is 6.14. The van der Waals surface area contributed by atoms with E-state index in [1.165, 1.54) is 33.5 Å². The molecule has 0 bridgehead atoms. The number of rotatable bonds is 10. The van der Waals surface area contributed by atoms with E-state index in [4.69, 9.17) is 9.47 Å². The van der Waals surface area contributed by atoms with Crippen molar-refractivity contribution in [3.05, 3.63) is 51.7 Å². The van der Waals surface area contributed by atoms with Crippen LogP contribution in [0.15, 0.2) is 29.4 Å². The Hall–Kier alpha value is -2.85. The molecule has 0 radical (unpaired) electrons. The molecule has 1 N–H and O–H groups in total. The Morgan fingerprint density at radius 3 is 2.54 bits per heavy atom. The predicted octanol–water partition coefficient (Wildman–Crippen LogP) is 5.75. The summed E-state index contributed by atoms with van der Waals surface area (Å²) in [5, 5.41) is 12.6. The molecule has 0 fully saturated rings. The van der Waals surface area contributed by atoms with E-state index in [0.29, 0.717) is 27.5 Å². The molecule has 4 rings (SSSR count). The van der Waals surface area contributed by atoms with Crippen molar-refractivity contribution in [1.29, 1.82) is 0 Å². The smallest absolute Gasteiger partial charge is 0.341 e. The number of hydrogen-bond donors (Lipinski definition) is 1. The standard InChI is InChI=1S/C27H34N4O4S2/c1-16(2)18-10-12-19(13-11-18)34-14-22-29-30-27(31(22)5)36-15-23(32)28-25-24(26(33)35-17(3)4)20-8-6-7-9-21(20)37-25/h10-13,16-17H,6-9,14-15H2,1-5H3,(H,28,32). The molecule has 3 aromatic rings. The first-order valence-electron chi connectivity index (χ1n) is 12.6. The van der Waals surface area contributed by atoms with Gasteiger partial charge < -0.3 is 19.4 Å². The van der Waals surface area contributed by atoms with Crippen LogP contribution in [0.2, 0.25) is 0 Å². The number of carbonyl (C=O) groups excluding carboxylic acids is 2. The van der Waals surface area contributed by atoms with Gasteiger partial charge in [0.2, 0.25) is 5.91 Å². The van der Waals surface area contributed by atoms with E-state index in [2.05, 4.69) is 41.5 Å². The Bertz CT molecular complexity index is 1250. The minimum Gasteiger partial charge on any atom is -0.486 e. The lowest BCUT2D eigenvalue weighted by atomic mass is 9.95. The number of esters is 1. The summed E-state index contributed by atoms with van der Waals surface area (Å²) in [6.07, 6.45) is 3.68. The molecule has 1 aliphatic carbocycles. The van der Waals surface area contributed by atoms with Crippen LogP contribution in [-0.2, 0) is 36.0 Å². The zero-order valence-electron chi connectivity index (χ0n) is 22.0. The van der Waals surface area contributed by atoms with Gasteiger partial charge in [0.25, 0.3) is 0 Å². The van der Waals surface area contributed by atoms with Gasteiger partial charge in [0.1, 0.15) is 17.4 Å². The van der Waals surface area contributed by atoms with Crippen LogP contribution >= 0.6 is 23.1 Å². The molecule has 8 nitrogen and oxygen atoms in total. The second kappa shape index (κ2) is 12.1. The predicted molar refractivity (Wildman–Crippen MR) is 147 cm³/mol. The second-order valence-electron chi connectivity index (χ2n) is 9.68. The number of nitrogens with zero attached hydrogens (tertiary/aromatic N) is 3. The average molecular weight is 543 g/mol. The highest BCUT2D eigenvalue weighted by Crippen LogP contribution is 2.39. The Morgan fingerprint density at radius 2 is 1.84 bits per heavy atom. The molecule has 0 spiro atoms. The molecule has 1 aliphatic rings. The van der Waals surface area contributed by atoms with Crippen molar-refractivity contribution in [3.8, 4) is 5.75 Å². The highest BCUT2D eigenvalue weighted by Gasteiger charge is 2.28. The van der Waals surface area contributed by atoms with Gasteiger partial charge in [-0.1, -0.05) is 37.7 Å². The maximum Gasteiger partial charge on any atom is 0.341 e. The molecule has 0 atom stereocenters. The second-order valence-corrected chi connectivity index (χ2v) is 11.7. The fourth-order valence-corrected chi connectivity index (χ4v) is 6.15. The van der Waals surface area contributed by atoms with Gasteiger partial charge >= 0.3 is 5.97 Å². The lowest BCUT2D eigenvalue weighted by Gasteiger charge is -2.14. The zero-order chi connectivity index (χ0) is 26.5. The number of aromatic nitrogens is 3. The Morgan fingerprint density at radius 1 is 1.11 bits per heavy atom. The fraction of sp³-hybridized carbons (Fsp3) is 0.481. The number of hydrogen-bond acceptors (Lipinski definition) is 8. The van der Waals surface area contributed by atoms with Gasteiger partial charge in [0.15, 0.2) is 11.0 Å². The molecule has 0 saturated carbocycles. The first-order chi connectivity index (χ1) is 17.7. The van der Waals surface area contributed by atoms with E-state index in [1.807, 2.05) is 37.6 Å². The molecule has 1 aromatic carbocycles. The maximum absolute atomic E-state index is 12.8. The summed E-state index contributed by atoms with van der Waals surface area (Å²) in [6.45, 7) is 8.24. The van der Waals surface area contributed by atoms with Crippen LogP contribution in [-0.4, -0.2) is 38.5 Å². The van der Waals surface area contributed by atoms with Crippen molar-refractivity contribution in [2.75, 3.05) is 11.1 Å².